The second kappa shape index (κ2) is 13.3. The van der Waals surface area contributed by atoms with Gasteiger partial charge in [-0.2, -0.15) is 18.0 Å². The predicted molar refractivity (Wildman–Crippen MR) is 177 cm³/mol. The minimum Gasteiger partial charge on any atom is -0.497 e. The highest BCUT2D eigenvalue weighted by molar-refractivity contribution is 7.89. The smallest absolute Gasteiger partial charge is 0.417 e. The highest BCUT2D eigenvalue weighted by atomic mass is 32.2. The van der Waals surface area contributed by atoms with Crippen LogP contribution in [0.5, 0.6) is 11.5 Å². The van der Waals surface area contributed by atoms with Crippen molar-refractivity contribution in [1.29, 1.82) is 0 Å². The summed E-state index contributed by atoms with van der Waals surface area (Å²) in [6, 6.07) is 23.1. The second-order valence-corrected chi connectivity index (χ2v) is 14.4. The number of likely N-dealkylation sites (tertiary alicyclic amines) is 1. The number of alkyl halides is 3. The summed E-state index contributed by atoms with van der Waals surface area (Å²) in [4.78, 5) is 0.235. The van der Waals surface area contributed by atoms with Crippen molar-refractivity contribution in [2.75, 3.05) is 41.4 Å². The van der Waals surface area contributed by atoms with Gasteiger partial charge in [0.05, 0.1) is 65.0 Å². The Balaban J connectivity index is 1.46. The lowest BCUT2D eigenvalue weighted by Crippen LogP contribution is -2.56. The molecule has 0 bridgehead atoms. The molecule has 6 rings (SSSR count). The van der Waals surface area contributed by atoms with Gasteiger partial charge in [0.15, 0.2) is 0 Å². The van der Waals surface area contributed by atoms with E-state index in [1.807, 2.05) is 12.1 Å². The predicted octanol–water partition coefficient (Wildman–Crippen LogP) is 5.74. The number of nitrogens with one attached hydrogen (secondary N) is 1. The van der Waals surface area contributed by atoms with Crippen LogP contribution in [0.25, 0.3) is 22.5 Å². The minimum absolute atomic E-state index is 0.133. The van der Waals surface area contributed by atoms with Gasteiger partial charge < -0.3 is 14.0 Å². The number of halogens is 3. The molecule has 1 aliphatic rings. The van der Waals surface area contributed by atoms with Crippen LogP contribution in [0.2, 0.25) is 0 Å². The first-order chi connectivity index (χ1) is 23.3. The molecule has 256 valence electrons. The van der Waals surface area contributed by atoms with Crippen LogP contribution in [-0.4, -0.2) is 74.5 Å². The first-order valence-corrected chi connectivity index (χ1v) is 16.9. The zero-order valence-electron chi connectivity index (χ0n) is 27.4. The van der Waals surface area contributed by atoms with E-state index in [1.165, 1.54) is 18.0 Å². The van der Waals surface area contributed by atoms with Crippen molar-refractivity contribution in [3.05, 3.63) is 107 Å². The number of hydrogen-bond donors (Lipinski definition) is 1. The maximum atomic E-state index is 14.7. The van der Waals surface area contributed by atoms with Crippen molar-refractivity contribution in [3.8, 4) is 34.0 Å². The topological polar surface area (TPSA) is 108 Å². The molecule has 2 heterocycles. The molecule has 14 heteroatoms. The quantitative estimate of drug-likeness (QED) is 0.176. The van der Waals surface area contributed by atoms with Gasteiger partial charge in [0.2, 0.25) is 15.8 Å². The molecule has 0 radical (unpaired) electrons. The van der Waals surface area contributed by atoms with Gasteiger partial charge in [0.25, 0.3) is 0 Å². The summed E-state index contributed by atoms with van der Waals surface area (Å²) in [5.74, 6) is 1.29. The number of nitrogens with zero attached hydrogens (tertiary/aromatic N) is 5. The van der Waals surface area contributed by atoms with E-state index >= 15 is 0 Å². The van der Waals surface area contributed by atoms with E-state index < -0.39 is 26.7 Å². The molecule has 10 nitrogen and oxygen atoms in total. The van der Waals surface area contributed by atoms with Crippen LogP contribution >= 0.6 is 0 Å². The number of ether oxygens (including phenoxy) is 2. The van der Waals surface area contributed by atoms with Gasteiger partial charge in [-0.05, 0) is 63.4 Å². The van der Waals surface area contributed by atoms with Gasteiger partial charge in [0.1, 0.15) is 16.4 Å². The molecule has 1 aliphatic heterocycles. The van der Waals surface area contributed by atoms with Crippen LogP contribution in [0, 0.1) is 0 Å². The van der Waals surface area contributed by atoms with E-state index in [-0.39, 0.29) is 30.0 Å². The normalized spacial score (nSPS) is 14.8. The Labute approximate surface area is 282 Å². The van der Waals surface area contributed by atoms with Crippen LogP contribution < -0.4 is 14.2 Å². The Morgan fingerprint density at radius 3 is 2.00 bits per heavy atom. The Morgan fingerprint density at radius 1 is 0.857 bits per heavy atom. The molecule has 0 aliphatic carbocycles. The van der Waals surface area contributed by atoms with E-state index in [2.05, 4.69) is 34.2 Å². The van der Waals surface area contributed by atoms with Gasteiger partial charge in [-0.25, -0.2) is 13.1 Å². The van der Waals surface area contributed by atoms with Gasteiger partial charge >= 0.3 is 6.18 Å². The number of aromatic nitrogens is 4. The van der Waals surface area contributed by atoms with Gasteiger partial charge in [-0.3, -0.25) is 0 Å². The number of methoxy groups -OCH3 is 2. The molecule has 0 spiro atoms. The molecule has 5 aromatic rings. The molecule has 49 heavy (non-hydrogen) atoms. The first kappa shape index (κ1) is 34.1. The van der Waals surface area contributed by atoms with Crippen LogP contribution in [-0.2, 0) is 29.3 Å². The summed E-state index contributed by atoms with van der Waals surface area (Å²) in [7, 11) is 2.52. The molecule has 0 amide bonds. The standard InChI is InChI=1S/C35H36F3N6O4S/c1-44(2)21-27(22-44)25-9-11-26(12-10-25)30-17-18-31(35(36,37)38)33(49(45,46)39-19-23-5-13-28(47-3)14-6-23)32(30)34-40-42-43(41-34)20-24-7-15-29(48-4)16-8-24/h5-18,27,39H,19-22H2,1-4H3/q+1. The fraction of sp³-hybridized carbons (Fsp3) is 0.286. The average Bonchev–Trinajstić information content (AvgIpc) is 3.54. The first-order valence-electron chi connectivity index (χ1n) is 15.5. The van der Waals surface area contributed by atoms with Crippen LogP contribution in [0.4, 0.5) is 13.2 Å². The van der Waals surface area contributed by atoms with Crippen molar-refractivity contribution in [2.45, 2.75) is 30.1 Å². The van der Waals surface area contributed by atoms with Crippen LogP contribution in [0.1, 0.15) is 28.2 Å². The summed E-state index contributed by atoms with van der Waals surface area (Å²) in [6.45, 7) is 1.80. The molecule has 0 saturated carbocycles. The second-order valence-electron chi connectivity index (χ2n) is 12.6. The van der Waals surface area contributed by atoms with Gasteiger partial charge in [0, 0.05) is 6.54 Å². The number of likely N-dealkylation sites (N-methyl/N-ethyl adjacent to an activating group) is 1. The number of benzene rings is 4. The van der Waals surface area contributed by atoms with Crippen LogP contribution in [0.3, 0.4) is 0 Å². The molecule has 1 saturated heterocycles. The highest BCUT2D eigenvalue weighted by Gasteiger charge is 2.41. The Bertz CT molecular complexity index is 2040. The summed E-state index contributed by atoms with van der Waals surface area (Å²) >= 11 is 0. The lowest BCUT2D eigenvalue weighted by atomic mass is 9.88. The van der Waals surface area contributed by atoms with Crippen molar-refractivity contribution in [2.24, 2.45) is 0 Å². The average molecular weight is 694 g/mol. The van der Waals surface area contributed by atoms with Crippen molar-refractivity contribution in [1.82, 2.24) is 24.9 Å². The molecular weight excluding hydrogens is 657 g/mol. The fourth-order valence-corrected chi connectivity index (χ4v) is 7.58. The third-order valence-electron chi connectivity index (χ3n) is 8.64. The van der Waals surface area contributed by atoms with E-state index in [0.717, 1.165) is 34.8 Å². The summed E-state index contributed by atoms with van der Waals surface area (Å²) < 4.78 is 85.8. The Morgan fingerprint density at radius 2 is 1.45 bits per heavy atom. The summed E-state index contributed by atoms with van der Waals surface area (Å²) in [5.41, 5.74) is 1.49. The number of sulfonamides is 1. The summed E-state index contributed by atoms with van der Waals surface area (Å²) in [6.07, 6.45) is -5.02. The minimum atomic E-state index is -5.02. The molecule has 1 aromatic heterocycles. The fourth-order valence-electron chi connectivity index (χ4n) is 6.13. The lowest BCUT2D eigenvalue weighted by Gasteiger charge is -2.44. The third kappa shape index (κ3) is 7.46. The van der Waals surface area contributed by atoms with Gasteiger partial charge in [-0.15, -0.1) is 10.2 Å². The van der Waals surface area contributed by atoms with Gasteiger partial charge in [-0.1, -0.05) is 54.6 Å². The molecule has 1 fully saturated rings. The monoisotopic (exact) mass is 693 g/mol. The van der Waals surface area contributed by atoms with E-state index in [0.29, 0.717) is 28.5 Å². The number of hydrogen-bond acceptors (Lipinski definition) is 7. The third-order valence-corrected chi connectivity index (χ3v) is 10.1. The summed E-state index contributed by atoms with van der Waals surface area (Å²) in [5, 5.41) is 12.6. The lowest BCUT2D eigenvalue weighted by molar-refractivity contribution is -0.932. The highest BCUT2D eigenvalue weighted by Crippen LogP contribution is 2.44. The molecule has 0 atom stereocenters. The van der Waals surface area contributed by atoms with E-state index in [1.54, 1.807) is 67.8 Å². The molecule has 1 N–H and O–H groups in total. The van der Waals surface area contributed by atoms with Crippen molar-refractivity contribution >= 4 is 10.0 Å². The maximum Gasteiger partial charge on any atom is 0.417 e. The number of quaternary nitrogens is 1. The molecular formula is C35H36F3N6O4S+. The van der Waals surface area contributed by atoms with E-state index in [4.69, 9.17) is 9.47 Å². The largest absolute Gasteiger partial charge is 0.497 e. The Hall–Kier alpha value is -4.79. The molecule has 4 aromatic carbocycles. The van der Waals surface area contributed by atoms with Crippen molar-refractivity contribution in [3.63, 3.8) is 0 Å². The van der Waals surface area contributed by atoms with E-state index in [9.17, 15) is 21.6 Å². The Kier molecular flexibility index (Phi) is 9.22. The van der Waals surface area contributed by atoms with Crippen molar-refractivity contribution < 1.29 is 35.5 Å². The molecule has 0 unspecified atom stereocenters. The number of tetrazole rings is 1. The zero-order valence-corrected chi connectivity index (χ0v) is 28.2. The van der Waals surface area contributed by atoms with Crippen LogP contribution in [0.15, 0.2) is 89.8 Å². The maximum absolute atomic E-state index is 14.7. The number of rotatable bonds is 11. The zero-order chi connectivity index (χ0) is 35.0. The SMILES string of the molecule is COc1ccc(CNS(=O)(=O)c2c(C(F)(F)F)ccc(-c3ccc(C4C[N+](C)(C)C4)cc3)c2-c2nnn(Cc3ccc(OC)cc3)n2)cc1.